The number of ether oxygens (including phenoxy) is 1. The zero-order valence-electron chi connectivity index (χ0n) is 6.58. The van der Waals surface area contributed by atoms with Gasteiger partial charge >= 0.3 is 18.9 Å². The van der Waals surface area contributed by atoms with Gasteiger partial charge < -0.3 is 9.84 Å². The molecule has 54 valence electrons. The Kier molecular flexibility index (Phi) is 6.06. The monoisotopic (exact) mass is 144 g/mol. The van der Waals surface area contributed by atoms with E-state index in [-0.39, 0.29) is 25.5 Å². The molecule has 1 N–H and O–H groups in total. The molecule has 11 heavy (non-hydrogen) atoms. The predicted octanol–water partition coefficient (Wildman–Crippen LogP) is -2.14. The van der Waals surface area contributed by atoms with Crippen LogP contribution in [0.15, 0.2) is 24.3 Å². The van der Waals surface area contributed by atoms with E-state index in [1.165, 1.54) is 0 Å². The summed E-state index contributed by atoms with van der Waals surface area (Å²) in [6, 6.07) is 10.1. The molecule has 1 aromatic carbocycles. The second kappa shape index (κ2) is 6.30. The van der Waals surface area contributed by atoms with Crippen LogP contribution < -0.4 is 23.6 Å². The van der Waals surface area contributed by atoms with Gasteiger partial charge in [0.1, 0.15) is 0 Å². The van der Waals surface area contributed by atoms with Crippen molar-refractivity contribution in [2.24, 2.45) is 0 Å². The molecule has 2 nitrogen and oxygen atoms in total. The molecule has 3 heteroatoms. The Balaban J connectivity index is 0.000001000. The van der Waals surface area contributed by atoms with E-state index >= 15 is 0 Å². The van der Waals surface area contributed by atoms with Crippen LogP contribution in [-0.2, 0) is 0 Å². The first-order valence-corrected chi connectivity index (χ1v) is 3.13. The molecule has 0 saturated heterocycles. The van der Waals surface area contributed by atoms with E-state index in [0.717, 1.165) is 5.75 Å². The van der Waals surface area contributed by atoms with Crippen LogP contribution in [0.5, 0.6) is 5.75 Å². The van der Waals surface area contributed by atoms with Gasteiger partial charge in [-0.2, -0.15) is 18.2 Å². The molecule has 0 aliphatic carbocycles. The SMILES string of the molecule is OCCOc1c[c-]ccc1.[Li+]. The third-order valence-electron chi connectivity index (χ3n) is 1.04. The average Bonchev–Trinajstić information content (AvgIpc) is 2.03. The zero-order valence-corrected chi connectivity index (χ0v) is 6.58. The zero-order chi connectivity index (χ0) is 7.23. The van der Waals surface area contributed by atoms with Crippen molar-refractivity contribution >= 4 is 0 Å². The van der Waals surface area contributed by atoms with Gasteiger partial charge in [0.15, 0.2) is 0 Å². The van der Waals surface area contributed by atoms with Crippen molar-refractivity contribution in [3.05, 3.63) is 30.3 Å². The van der Waals surface area contributed by atoms with Gasteiger partial charge in [-0.05, 0) is 0 Å². The van der Waals surface area contributed by atoms with E-state index in [0.29, 0.717) is 6.61 Å². The first-order chi connectivity index (χ1) is 4.93. The van der Waals surface area contributed by atoms with Crippen molar-refractivity contribution in [3.8, 4) is 5.75 Å². The minimum Gasteiger partial charge on any atom is -0.549 e. The van der Waals surface area contributed by atoms with Gasteiger partial charge in [-0.25, -0.2) is 0 Å². The van der Waals surface area contributed by atoms with Crippen molar-refractivity contribution in [1.82, 2.24) is 0 Å². The standard InChI is InChI=1S/C8H9O2.Li/c9-6-7-10-8-4-2-1-3-5-8;/h1-2,4-5,9H,6-7H2;/q-1;+1. The van der Waals surface area contributed by atoms with Gasteiger partial charge in [-0.15, -0.1) is 12.1 Å². The van der Waals surface area contributed by atoms with Crippen LogP contribution in [0, 0.1) is 6.07 Å². The van der Waals surface area contributed by atoms with Crippen molar-refractivity contribution in [2.75, 3.05) is 13.2 Å². The molecular weight excluding hydrogens is 135 g/mol. The summed E-state index contributed by atoms with van der Waals surface area (Å²) in [7, 11) is 0. The first-order valence-electron chi connectivity index (χ1n) is 3.13. The molecule has 0 spiro atoms. The molecule has 1 aromatic rings. The Morgan fingerprint density at radius 3 is 2.91 bits per heavy atom. The molecule has 0 unspecified atom stereocenters. The number of aliphatic hydroxyl groups is 1. The van der Waals surface area contributed by atoms with Crippen LogP contribution in [-0.4, -0.2) is 18.3 Å². The summed E-state index contributed by atoms with van der Waals surface area (Å²) in [5.41, 5.74) is 0. The molecule has 0 saturated carbocycles. The first kappa shape index (κ1) is 10.6. The molecule has 0 heterocycles. The Bertz CT molecular complexity index is 177. The van der Waals surface area contributed by atoms with Gasteiger partial charge in [0.05, 0.1) is 13.2 Å². The fraction of sp³-hybridized carbons (Fsp3) is 0.250. The van der Waals surface area contributed by atoms with Gasteiger partial charge in [0.2, 0.25) is 0 Å². The minimum atomic E-state index is 0. The van der Waals surface area contributed by atoms with E-state index in [9.17, 15) is 0 Å². The fourth-order valence-electron chi connectivity index (χ4n) is 0.630. The van der Waals surface area contributed by atoms with Crippen LogP contribution in [0.2, 0.25) is 0 Å². The van der Waals surface area contributed by atoms with E-state index in [1.807, 2.05) is 12.1 Å². The number of aliphatic hydroxyl groups excluding tert-OH is 1. The van der Waals surface area contributed by atoms with Crippen LogP contribution in [0.3, 0.4) is 0 Å². The third-order valence-corrected chi connectivity index (χ3v) is 1.04. The number of hydrogen-bond acceptors (Lipinski definition) is 2. The van der Waals surface area contributed by atoms with Crippen LogP contribution >= 0.6 is 0 Å². The van der Waals surface area contributed by atoms with Crippen molar-refractivity contribution < 1.29 is 28.7 Å². The summed E-state index contributed by atoms with van der Waals surface area (Å²) in [5, 5.41) is 8.39. The smallest absolute Gasteiger partial charge is 0.549 e. The van der Waals surface area contributed by atoms with Crippen LogP contribution in [0.4, 0.5) is 0 Å². The van der Waals surface area contributed by atoms with E-state index in [1.54, 1.807) is 12.1 Å². The molecule has 0 atom stereocenters. The molecule has 0 radical (unpaired) electrons. The summed E-state index contributed by atoms with van der Waals surface area (Å²) in [5.74, 6) is 0.747. The predicted molar refractivity (Wildman–Crippen MR) is 37.9 cm³/mol. The van der Waals surface area contributed by atoms with Gasteiger partial charge in [0.25, 0.3) is 0 Å². The number of rotatable bonds is 3. The molecule has 0 aliphatic rings. The second-order valence-electron chi connectivity index (χ2n) is 1.81. The summed E-state index contributed by atoms with van der Waals surface area (Å²) in [4.78, 5) is 0. The summed E-state index contributed by atoms with van der Waals surface area (Å²) < 4.78 is 5.07. The van der Waals surface area contributed by atoms with Crippen molar-refractivity contribution in [3.63, 3.8) is 0 Å². The molecule has 0 bridgehead atoms. The summed E-state index contributed by atoms with van der Waals surface area (Å²) >= 11 is 0. The van der Waals surface area contributed by atoms with Crippen molar-refractivity contribution in [1.29, 1.82) is 0 Å². The van der Waals surface area contributed by atoms with Gasteiger partial charge in [-0.3, -0.25) is 0 Å². The van der Waals surface area contributed by atoms with Crippen LogP contribution in [0.25, 0.3) is 0 Å². The number of benzene rings is 1. The van der Waals surface area contributed by atoms with Crippen LogP contribution in [0.1, 0.15) is 0 Å². The molecular formula is C8H9LiO2. The van der Waals surface area contributed by atoms with Gasteiger partial charge in [-0.1, -0.05) is 0 Å². The minimum absolute atomic E-state index is 0. The molecule has 0 aromatic heterocycles. The normalized spacial score (nSPS) is 8.45. The maximum Gasteiger partial charge on any atom is 1.00 e. The molecule has 0 aliphatic heterocycles. The topological polar surface area (TPSA) is 29.5 Å². The van der Waals surface area contributed by atoms with E-state index in [2.05, 4.69) is 6.07 Å². The summed E-state index contributed by atoms with van der Waals surface area (Å²) in [6.07, 6.45) is 0. The summed E-state index contributed by atoms with van der Waals surface area (Å²) in [6.45, 7) is 0.396. The van der Waals surface area contributed by atoms with Crippen molar-refractivity contribution in [2.45, 2.75) is 0 Å². The Labute approximate surface area is 78.4 Å². The van der Waals surface area contributed by atoms with Gasteiger partial charge in [0, 0.05) is 5.75 Å². The molecule has 0 fully saturated rings. The average molecular weight is 144 g/mol. The fourth-order valence-corrected chi connectivity index (χ4v) is 0.630. The largest absolute Gasteiger partial charge is 1.00 e. The van der Waals surface area contributed by atoms with E-state index < -0.39 is 0 Å². The Morgan fingerprint density at radius 1 is 1.55 bits per heavy atom. The number of hydrogen-bond donors (Lipinski definition) is 1. The third kappa shape index (κ3) is 4.10. The molecule has 0 amide bonds. The second-order valence-corrected chi connectivity index (χ2v) is 1.81. The molecule has 1 rings (SSSR count). The Morgan fingerprint density at radius 2 is 2.36 bits per heavy atom. The quantitative estimate of drug-likeness (QED) is 0.387. The van der Waals surface area contributed by atoms with E-state index in [4.69, 9.17) is 9.84 Å². The Hall–Kier alpha value is -0.423. The maximum atomic E-state index is 8.39. The maximum absolute atomic E-state index is 8.39.